The largest absolute Gasteiger partial charge is 0.389 e. The molecule has 6 nitrogen and oxygen atoms in total. The molecule has 4 aromatic rings. The highest BCUT2D eigenvalue weighted by atomic mass is 19.4. The molecule has 0 unspecified atom stereocenters. The third-order valence-corrected chi connectivity index (χ3v) is 6.16. The van der Waals surface area contributed by atoms with Gasteiger partial charge < -0.3 is 10.3 Å². The smallest absolute Gasteiger partial charge is 0.326 e. The Hall–Kier alpha value is -3.21. The fourth-order valence-electron chi connectivity index (χ4n) is 4.45. The Kier molecular flexibility index (Phi) is 5.46. The van der Waals surface area contributed by atoms with Gasteiger partial charge in [-0.25, -0.2) is 18.6 Å². The van der Waals surface area contributed by atoms with E-state index in [9.17, 15) is 26.7 Å². The monoisotopic (exact) mass is 479 g/mol. The normalized spacial score (nSPS) is 14.5. The van der Waals surface area contributed by atoms with Crippen molar-refractivity contribution in [1.82, 2.24) is 18.7 Å². The van der Waals surface area contributed by atoms with E-state index in [2.05, 4.69) is 4.98 Å². The van der Waals surface area contributed by atoms with Crippen LogP contribution in [-0.2, 0) is 19.6 Å². The number of nitrogens with zero attached hydrogens (tertiary/aromatic N) is 4. The van der Waals surface area contributed by atoms with Gasteiger partial charge in [0.15, 0.2) is 5.82 Å². The van der Waals surface area contributed by atoms with Gasteiger partial charge in [-0.3, -0.25) is 9.13 Å². The molecular weight excluding hydrogens is 457 g/mol. The van der Waals surface area contributed by atoms with Gasteiger partial charge in [-0.05, 0) is 37.0 Å². The molecule has 0 saturated heterocycles. The van der Waals surface area contributed by atoms with Crippen LogP contribution in [0.15, 0.2) is 35.1 Å². The molecule has 2 aromatic carbocycles. The zero-order valence-corrected chi connectivity index (χ0v) is 18.1. The lowest BCUT2D eigenvalue weighted by molar-refractivity contribution is -0.135. The van der Waals surface area contributed by atoms with Crippen molar-refractivity contribution in [3.63, 3.8) is 0 Å². The highest BCUT2D eigenvalue weighted by Gasteiger charge is 2.31. The summed E-state index contributed by atoms with van der Waals surface area (Å²) in [6.07, 6.45) is -4.01. The molecule has 1 aliphatic carbocycles. The van der Waals surface area contributed by atoms with Crippen molar-refractivity contribution in [2.24, 2.45) is 5.73 Å². The van der Waals surface area contributed by atoms with Crippen LogP contribution >= 0.6 is 0 Å². The van der Waals surface area contributed by atoms with Gasteiger partial charge in [0.1, 0.15) is 17.2 Å². The van der Waals surface area contributed by atoms with E-state index in [1.807, 2.05) is 0 Å². The number of nitrogens with two attached hydrogens (primary N) is 1. The third-order valence-electron chi connectivity index (χ3n) is 6.16. The summed E-state index contributed by atoms with van der Waals surface area (Å²) in [6, 6.07) is 6.93. The predicted octanol–water partition coefficient (Wildman–Crippen LogP) is 4.62. The van der Waals surface area contributed by atoms with Crippen molar-refractivity contribution in [1.29, 1.82) is 0 Å². The molecule has 1 saturated carbocycles. The minimum Gasteiger partial charge on any atom is -0.326 e. The van der Waals surface area contributed by atoms with E-state index in [1.165, 1.54) is 9.13 Å². The summed E-state index contributed by atoms with van der Waals surface area (Å²) in [5, 5.41) is 0. The highest BCUT2D eigenvalue weighted by molar-refractivity contribution is 5.78. The van der Waals surface area contributed by atoms with Crippen LogP contribution < -0.4 is 11.4 Å². The maximum atomic E-state index is 14.7. The van der Waals surface area contributed by atoms with E-state index in [-0.39, 0.29) is 43.1 Å². The molecule has 5 rings (SSSR count). The first-order chi connectivity index (χ1) is 16.2. The quantitative estimate of drug-likeness (QED) is 0.394. The molecule has 0 atom stereocenters. The molecule has 1 fully saturated rings. The maximum absolute atomic E-state index is 14.7. The summed E-state index contributed by atoms with van der Waals surface area (Å²) < 4.78 is 71.3. The number of rotatable bonds is 7. The molecule has 2 aromatic heterocycles. The summed E-state index contributed by atoms with van der Waals surface area (Å²) in [5.41, 5.74) is 7.25. The molecule has 1 aliphatic rings. The van der Waals surface area contributed by atoms with Gasteiger partial charge in [-0.2, -0.15) is 13.2 Å². The second-order valence-corrected chi connectivity index (χ2v) is 8.65. The molecule has 11 heteroatoms. The molecule has 2 heterocycles. The Morgan fingerprint density at radius 1 is 1.06 bits per heavy atom. The number of hydrogen-bond donors (Lipinski definition) is 1. The van der Waals surface area contributed by atoms with E-state index in [1.54, 1.807) is 22.8 Å². The number of halogens is 5. The highest BCUT2D eigenvalue weighted by Crippen LogP contribution is 2.37. The standard InChI is InChI=1S/C23H22F5N5O/c24-14-9-16(25)21-19(10-14)32(22(34)33(21)15-3-4-15)12-20-30-17-8-13(11-29)2-5-18(17)31(20)7-1-6-23(26,27)28/h2,5,8-10,15H,1,3-4,6-7,11-12,29H2. The summed E-state index contributed by atoms with van der Waals surface area (Å²) in [4.78, 5) is 17.8. The first-order valence-electron chi connectivity index (χ1n) is 11.0. The number of benzene rings is 2. The van der Waals surface area contributed by atoms with Gasteiger partial charge in [0, 0.05) is 37.7 Å². The van der Waals surface area contributed by atoms with E-state index in [0.717, 1.165) is 17.7 Å². The minimum atomic E-state index is -4.30. The number of imidazole rings is 2. The van der Waals surface area contributed by atoms with Crippen LogP contribution in [0.2, 0.25) is 0 Å². The van der Waals surface area contributed by atoms with Crippen molar-refractivity contribution < 1.29 is 22.0 Å². The second kappa shape index (κ2) is 8.23. The van der Waals surface area contributed by atoms with Crippen molar-refractivity contribution >= 4 is 22.1 Å². The van der Waals surface area contributed by atoms with Gasteiger partial charge in [0.25, 0.3) is 0 Å². The molecule has 180 valence electrons. The van der Waals surface area contributed by atoms with Crippen LogP contribution in [-0.4, -0.2) is 24.9 Å². The van der Waals surface area contributed by atoms with Crippen LogP contribution in [0.5, 0.6) is 0 Å². The Bertz CT molecular complexity index is 1440. The Morgan fingerprint density at radius 3 is 2.50 bits per heavy atom. The van der Waals surface area contributed by atoms with Crippen LogP contribution in [0, 0.1) is 11.6 Å². The van der Waals surface area contributed by atoms with Crippen molar-refractivity contribution in [2.45, 2.75) is 57.5 Å². The fourth-order valence-corrected chi connectivity index (χ4v) is 4.45. The zero-order chi connectivity index (χ0) is 24.2. The first-order valence-corrected chi connectivity index (χ1v) is 11.0. The van der Waals surface area contributed by atoms with Gasteiger partial charge in [-0.15, -0.1) is 0 Å². The van der Waals surface area contributed by atoms with E-state index < -0.39 is 29.9 Å². The van der Waals surface area contributed by atoms with E-state index >= 15 is 0 Å². The Morgan fingerprint density at radius 2 is 1.82 bits per heavy atom. The SMILES string of the molecule is NCc1ccc2c(c1)nc(Cn1c(=O)n(C3CC3)c3c(F)cc(F)cc31)n2CCCC(F)(F)F. The molecule has 0 bridgehead atoms. The van der Waals surface area contributed by atoms with E-state index in [4.69, 9.17) is 5.73 Å². The van der Waals surface area contributed by atoms with Gasteiger partial charge in [0.2, 0.25) is 0 Å². The zero-order valence-electron chi connectivity index (χ0n) is 18.1. The lowest BCUT2D eigenvalue weighted by Crippen LogP contribution is -2.25. The Labute approximate surface area is 190 Å². The third kappa shape index (κ3) is 4.08. The summed E-state index contributed by atoms with van der Waals surface area (Å²) >= 11 is 0. The molecule has 2 N–H and O–H groups in total. The summed E-state index contributed by atoms with van der Waals surface area (Å²) in [7, 11) is 0. The lowest BCUT2D eigenvalue weighted by Gasteiger charge is -2.11. The maximum Gasteiger partial charge on any atom is 0.389 e. The summed E-state index contributed by atoms with van der Waals surface area (Å²) in [5.74, 6) is -1.32. The van der Waals surface area contributed by atoms with Crippen LogP contribution in [0.3, 0.4) is 0 Å². The number of aryl methyl sites for hydroxylation is 1. The molecule has 0 aliphatic heterocycles. The topological polar surface area (TPSA) is 70.8 Å². The number of aromatic nitrogens is 4. The molecular formula is C23H22F5N5O. The average Bonchev–Trinajstić information content (AvgIpc) is 3.49. The molecule has 0 amide bonds. The van der Waals surface area contributed by atoms with Crippen molar-refractivity contribution in [3.8, 4) is 0 Å². The second-order valence-electron chi connectivity index (χ2n) is 8.65. The van der Waals surface area contributed by atoms with E-state index in [0.29, 0.717) is 29.7 Å². The molecule has 34 heavy (non-hydrogen) atoms. The number of fused-ring (bicyclic) bond motifs is 2. The van der Waals surface area contributed by atoms with Crippen molar-refractivity contribution in [3.05, 3.63) is 63.8 Å². The van der Waals surface area contributed by atoms with Gasteiger partial charge >= 0.3 is 11.9 Å². The molecule has 0 radical (unpaired) electrons. The van der Waals surface area contributed by atoms with Gasteiger partial charge in [0.05, 0.1) is 23.1 Å². The minimum absolute atomic E-state index is 0.0199. The van der Waals surface area contributed by atoms with Crippen LogP contribution in [0.25, 0.3) is 22.1 Å². The van der Waals surface area contributed by atoms with Crippen LogP contribution in [0.4, 0.5) is 22.0 Å². The first kappa shape index (κ1) is 22.6. The predicted molar refractivity (Wildman–Crippen MR) is 116 cm³/mol. The fraction of sp³-hybridized carbons (Fsp3) is 0.391. The van der Waals surface area contributed by atoms with Gasteiger partial charge in [-0.1, -0.05) is 6.07 Å². The van der Waals surface area contributed by atoms with Crippen LogP contribution in [0.1, 0.15) is 43.1 Å². The van der Waals surface area contributed by atoms with Crippen molar-refractivity contribution in [2.75, 3.05) is 0 Å². The molecule has 0 spiro atoms. The lowest BCUT2D eigenvalue weighted by atomic mass is 10.2. The Balaban J connectivity index is 1.63. The number of hydrogen-bond acceptors (Lipinski definition) is 3. The average molecular weight is 479 g/mol. The number of alkyl halides is 3. The summed E-state index contributed by atoms with van der Waals surface area (Å²) in [6.45, 7) is 0.141.